The summed E-state index contributed by atoms with van der Waals surface area (Å²) in [5.41, 5.74) is -0.562. The second-order valence-electron chi connectivity index (χ2n) is 4.36. The molecule has 1 unspecified atom stereocenters. The highest BCUT2D eigenvalue weighted by atomic mass is 16.5. The lowest BCUT2D eigenvalue weighted by atomic mass is 9.97. The monoisotopic (exact) mass is 244 g/mol. The average Bonchev–Trinajstić information content (AvgIpc) is 2.31. The lowest BCUT2D eigenvalue weighted by Gasteiger charge is -2.30. The minimum atomic E-state index is -0.562. The maximum absolute atomic E-state index is 11.9. The van der Waals surface area contributed by atoms with Gasteiger partial charge in [-0.2, -0.15) is 0 Å². The molecule has 0 aliphatic rings. The maximum Gasteiger partial charge on any atom is 0.326 e. The van der Waals surface area contributed by atoms with Gasteiger partial charge in [-0.1, -0.05) is 20.8 Å². The summed E-state index contributed by atoms with van der Waals surface area (Å²) in [7, 11) is 0. The Balaban J connectivity index is 4.43. The van der Waals surface area contributed by atoms with Crippen molar-refractivity contribution in [1.82, 2.24) is 10.2 Å². The third-order valence-electron chi connectivity index (χ3n) is 3.12. The molecule has 4 nitrogen and oxygen atoms in total. The van der Waals surface area contributed by atoms with E-state index in [-0.39, 0.29) is 5.97 Å². The number of nitrogens with one attached hydrogen (secondary N) is 1. The van der Waals surface area contributed by atoms with Crippen LogP contribution in [0.1, 0.15) is 41.0 Å². The third kappa shape index (κ3) is 5.50. The number of rotatable bonds is 9. The van der Waals surface area contributed by atoms with Gasteiger partial charge in [-0.3, -0.25) is 4.79 Å². The second-order valence-corrected chi connectivity index (χ2v) is 4.36. The molecule has 0 aliphatic heterocycles. The van der Waals surface area contributed by atoms with Crippen LogP contribution in [0.25, 0.3) is 0 Å². The Morgan fingerprint density at radius 3 is 2.24 bits per heavy atom. The fourth-order valence-electron chi connectivity index (χ4n) is 1.86. The Hall–Kier alpha value is -0.610. The number of esters is 1. The number of likely N-dealkylation sites (N-methyl/N-ethyl adjacent to an activating group) is 1. The van der Waals surface area contributed by atoms with Gasteiger partial charge in [-0.25, -0.2) is 0 Å². The van der Waals surface area contributed by atoms with Crippen LogP contribution in [-0.2, 0) is 9.53 Å². The number of ether oxygens (including phenoxy) is 1. The third-order valence-corrected chi connectivity index (χ3v) is 3.12. The van der Waals surface area contributed by atoms with E-state index in [1.807, 2.05) is 20.8 Å². The van der Waals surface area contributed by atoms with Gasteiger partial charge in [-0.15, -0.1) is 0 Å². The molecule has 102 valence electrons. The van der Waals surface area contributed by atoms with E-state index in [1.54, 1.807) is 0 Å². The van der Waals surface area contributed by atoms with Crippen molar-refractivity contribution < 1.29 is 9.53 Å². The standard InChI is InChI=1S/C13H28N2O2/c1-6-14-13(5,12(16)17-9-4)10-11-15(7-2)8-3/h14H,6-11H2,1-5H3. The number of carbonyl (C=O) groups excluding carboxylic acids is 1. The molecule has 0 bridgehead atoms. The van der Waals surface area contributed by atoms with Gasteiger partial charge in [0.05, 0.1) is 6.61 Å². The zero-order valence-electron chi connectivity index (χ0n) is 12.0. The first-order valence-electron chi connectivity index (χ1n) is 6.68. The predicted octanol–water partition coefficient (Wildman–Crippen LogP) is 1.65. The van der Waals surface area contributed by atoms with E-state index in [2.05, 4.69) is 24.1 Å². The van der Waals surface area contributed by atoms with Crippen LogP contribution in [0, 0.1) is 0 Å². The normalized spacial score (nSPS) is 14.7. The zero-order chi connectivity index (χ0) is 13.3. The summed E-state index contributed by atoms with van der Waals surface area (Å²) in [6, 6.07) is 0. The fourth-order valence-corrected chi connectivity index (χ4v) is 1.86. The van der Waals surface area contributed by atoms with Crippen molar-refractivity contribution in [2.45, 2.75) is 46.6 Å². The van der Waals surface area contributed by atoms with Gasteiger partial charge in [0.2, 0.25) is 0 Å². The van der Waals surface area contributed by atoms with Crippen LogP contribution in [-0.4, -0.2) is 49.2 Å². The lowest BCUT2D eigenvalue weighted by Crippen LogP contribution is -2.52. The summed E-state index contributed by atoms with van der Waals surface area (Å²) < 4.78 is 5.14. The van der Waals surface area contributed by atoms with E-state index in [0.29, 0.717) is 6.61 Å². The number of hydrogen-bond acceptors (Lipinski definition) is 4. The molecule has 0 aromatic rings. The van der Waals surface area contributed by atoms with Crippen molar-refractivity contribution in [3.05, 3.63) is 0 Å². The minimum absolute atomic E-state index is 0.144. The molecule has 4 heteroatoms. The van der Waals surface area contributed by atoms with Crippen molar-refractivity contribution in [2.75, 3.05) is 32.8 Å². The molecule has 0 aromatic heterocycles. The Labute approximate surface area is 106 Å². The Morgan fingerprint density at radius 2 is 1.82 bits per heavy atom. The van der Waals surface area contributed by atoms with Gasteiger partial charge in [0, 0.05) is 6.54 Å². The Morgan fingerprint density at radius 1 is 1.24 bits per heavy atom. The molecule has 0 fully saturated rings. The highest BCUT2D eigenvalue weighted by Crippen LogP contribution is 2.13. The van der Waals surface area contributed by atoms with Crippen LogP contribution in [0.5, 0.6) is 0 Å². The number of nitrogens with zero attached hydrogens (tertiary/aromatic N) is 1. The van der Waals surface area contributed by atoms with Crippen molar-refractivity contribution in [3.8, 4) is 0 Å². The SMILES string of the molecule is CCNC(C)(CCN(CC)CC)C(=O)OCC. The molecule has 0 amide bonds. The van der Waals surface area contributed by atoms with Crippen molar-refractivity contribution in [1.29, 1.82) is 0 Å². The summed E-state index contributed by atoms with van der Waals surface area (Å²) in [6.07, 6.45) is 0.779. The molecule has 1 atom stereocenters. The van der Waals surface area contributed by atoms with E-state index < -0.39 is 5.54 Å². The van der Waals surface area contributed by atoms with Crippen molar-refractivity contribution in [3.63, 3.8) is 0 Å². The molecular formula is C13H28N2O2. The Bertz CT molecular complexity index is 217. The second kappa shape index (κ2) is 8.48. The summed E-state index contributed by atoms with van der Waals surface area (Å²) in [4.78, 5) is 14.3. The first-order valence-corrected chi connectivity index (χ1v) is 6.68. The molecular weight excluding hydrogens is 216 g/mol. The summed E-state index contributed by atoms with van der Waals surface area (Å²) in [5.74, 6) is -0.144. The number of hydrogen-bond donors (Lipinski definition) is 1. The quantitative estimate of drug-likeness (QED) is 0.626. The maximum atomic E-state index is 11.9. The van der Waals surface area contributed by atoms with Crippen LogP contribution in [0.2, 0.25) is 0 Å². The summed E-state index contributed by atoms with van der Waals surface area (Å²) in [5, 5.41) is 3.25. The van der Waals surface area contributed by atoms with Crippen molar-refractivity contribution >= 4 is 5.97 Å². The van der Waals surface area contributed by atoms with Crippen molar-refractivity contribution in [2.24, 2.45) is 0 Å². The molecule has 1 N–H and O–H groups in total. The summed E-state index contributed by atoms with van der Waals surface area (Å²) in [6.45, 7) is 14.2. The van der Waals surface area contributed by atoms with Gasteiger partial charge in [0.25, 0.3) is 0 Å². The first kappa shape index (κ1) is 16.4. The van der Waals surface area contributed by atoms with Gasteiger partial charge >= 0.3 is 5.97 Å². The molecule has 0 saturated carbocycles. The van der Waals surface area contributed by atoms with Gasteiger partial charge < -0.3 is 15.0 Å². The topological polar surface area (TPSA) is 41.6 Å². The van der Waals surface area contributed by atoms with Gasteiger partial charge in [-0.05, 0) is 39.9 Å². The largest absolute Gasteiger partial charge is 0.465 e. The zero-order valence-corrected chi connectivity index (χ0v) is 12.0. The smallest absolute Gasteiger partial charge is 0.326 e. The molecule has 0 heterocycles. The van der Waals surface area contributed by atoms with E-state index in [0.717, 1.165) is 32.6 Å². The molecule has 0 spiro atoms. The first-order chi connectivity index (χ1) is 8.03. The van der Waals surface area contributed by atoms with Crippen LogP contribution >= 0.6 is 0 Å². The molecule has 0 rings (SSSR count). The van der Waals surface area contributed by atoms with Crippen LogP contribution in [0.4, 0.5) is 0 Å². The predicted molar refractivity (Wildman–Crippen MR) is 71.1 cm³/mol. The molecule has 17 heavy (non-hydrogen) atoms. The van der Waals surface area contributed by atoms with Crippen LogP contribution in [0.15, 0.2) is 0 Å². The van der Waals surface area contributed by atoms with E-state index in [1.165, 1.54) is 0 Å². The Kier molecular flexibility index (Phi) is 8.17. The van der Waals surface area contributed by atoms with Crippen LogP contribution < -0.4 is 5.32 Å². The molecule has 0 radical (unpaired) electrons. The molecule has 0 saturated heterocycles. The van der Waals surface area contributed by atoms with Gasteiger partial charge in [0.1, 0.15) is 5.54 Å². The van der Waals surface area contributed by atoms with E-state index in [9.17, 15) is 4.79 Å². The molecule has 0 aliphatic carbocycles. The highest BCUT2D eigenvalue weighted by Gasteiger charge is 2.33. The number of carbonyl (C=O) groups is 1. The summed E-state index contributed by atoms with van der Waals surface area (Å²) >= 11 is 0. The van der Waals surface area contributed by atoms with E-state index in [4.69, 9.17) is 4.74 Å². The fraction of sp³-hybridized carbons (Fsp3) is 0.923. The average molecular weight is 244 g/mol. The van der Waals surface area contributed by atoms with Gasteiger partial charge in [0.15, 0.2) is 0 Å². The molecule has 0 aromatic carbocycles. The van der Waals surface area contributed by atoms with Crippen LogP contribution in [0.3, 0.4) is 0 Å². The highest BCUT2D eigenvalue weighted by molar-refractivity contribution is 5.80. The minimum Gasteiger partial charge on any atom is -0.465 e. The van der Waals surface area contributed by atoms with E-state index >= 15 is 0 Å². The lowest BCUT2D eigenvalue weighted by molar-refractivity contribution is -0.151.